The van der Waals surface area contributed by atoms with E-state index in [-0.39, 0.29) is 11.3 Å². The van der Waals surface area contributed by atoms with Crippen LogP contribution in [0.3, 0.4) is 0 Å². The Morgan fingerprint density at radius 2 is 1.57 bits per heavy atom. The zero-order chi connectivity index (χ0) is 20.3. The molecule has 8 heteroatoms. The van der Waals surface area contributed by atoms with E-state index >= 15 is 0 Å². The molecule has 0 spiro atoms. The van der Waals surface area contributed by atoms with Gasteiger partial charge in [-0.2, -0.15) is 0 Å². The van der Waals surface area contributed by atoms with Crippen LogP contribution in [0.15, 0.2) is 54.7 Å². The smallest absolute Gasteiger partial charge is 0.274 e. The first-order valence-electron chi connectivity index (χ1n) is 8.14. The van der Waals surface area contributed by atoms with Gasteiger partial charge in [0.25, 0.3) is 11.8 Å². The predicted molar refractivity (Wildman–Crippen MR) is 97.6 cm³/mol. The fourth-order valence-electron chi connectivity index (χ4n) is 2.41. The number of hydrogen-bond acceptors (Lipinski definition) is 3. The molecule has 0 unspecified atom stereocenters. The second-order valence-electron chi connectivity index (χ2n) is 5.88. The summed E-state index contributed by atoms with van der Waals surface area (Å²) in [5.41, 5.74) is 0.869. The van der Waals surface area contributed by atoms with Gasteiger partial charge in [-0.25, -0.2) is 13.2 Å². The van der Waals surface area contributed by atoms with Crippen molar-refractivity contribution in [1.82, 2.24) is 4.98 Å². The maximum Gasteiger partial charge on any atom is 0.274 e. The van der Waals surface area contributed by atoms with Crippen molar-refractivity contribution < 1.29 is 22.8 Å². The number of benzene rings is 2. The van der Waals surface area contributed by atoms with E-state index < -0.39 is 35.0 Å². The summed E-state index contributed by atoms with van der Waals surface area (Å²) < 4.78 is 40.0. The molecule has 3 rings (SSSR count). The minimum absolute atomic E-state index is 0.00549. The molecule has 2 aromatic carbocycles. The highest BCUT2D eigenvalue weighted by Crippen LogP contribution is 2.20. The van der Waals surface area contributed by atoms with Crippen molar-refractivity contribution >= 4 is 23.2 Å². The van der Waals surface area contributed by atoms with Crippen LogP contribution in [0.25, 0.3) is 0 Å². The first-order valence-corrected chi connectivity index (χ1v) is 8.14. The fraction of sp³-hybridized carbons (Fsp3) is 0.0500. The van der Waals surface area contributed by atoms with Crippen molar-refractivity contribution in [2.45, 2.75) is 6.92 Å². The molecule has 0 fully saturated rings. The van der Waals surface area contributed by atoms with Gasteiger partial charge in [-0.1, -0.05) is 18.2 Å². The molecule has 5 nitrogen and oxygen atoms in total. The third-order valence-corrected chi connectivity index (χ3v) is 3.93. The summed E-state index contributed by atoms with van der Waals surface area (Å²) in [4.78, 5) is 28.6. The van der Waals surface area contributed by atoms with E-state index in [9.17, 15) is 22.8 Å². The van der Waals surface area contributed by atoms with E-state index in [2.05, 4.69) is 15.6 Å². The molecule has 0 bridgehead atoms. The molecular weight excluding hydrogens is 371 g/mol. The Hall–Kier alpha value is -3.68. The van der Waals surface area contributed by atoms with Crippen molar-refractivity contribution in [2.75, 3.05) is 10.6 Å². The van der Waals surface area contributed by atoms with Crippen molar-refractivity contribution in [3.8, 4) is 0 Å². The van der Waals surface area contributed by atoms with Crippen LogP contribution < -0.4 is 10.6 Å². The van der Waals surface area contributed by atoms with Crippen molar-refractivity contribution in [1.29, 1.82) is 0 Å². The molecule has 2 amide bonds. The highest BCUT2D eigenvalue weighted by Gasteiger charge is 2.17. The number of aromatic nitrogens is 1. The number of rotatable bonds is 4. The first kappa shape index (κ1) is 19.1. The molecule has 0 aliphatic heterocycles. The van der Waals surface area contributed by atoms with Gasteiger partial charge < -0.3 is 10.6 Å². The lowest BCUT2D eigenvalue weighted by Crippen LogP contribution is -2.18. The van der Waals surface area contributed by atoms with Crippen LogP contribution in [0.4, 0.5) is 24.5 Å². The van der Waals surface area contributed by atoms with Gasteiger partial charge in [0.05, 0.1) is 5.69 Å². The van der Waals surface area contributed by atoms with Crippen LogP contribution in [0.2, 0.25) is 0 Å². The van der Waals surface area contributed by atoms with Gasteiger partial charge in [0.1, 0.15) is 5.69 Å². The average molecular weight is 385 g/mol. The third-order valence-electron chi connectivity index (χ3n) is 3.93. The van der Waals surface area contributed by atoms with E-state index in [0.717, 1.165) is 11.6 Å². The van der Waals surface area contributed by atoms with Crippen LogP contribution in [0, 0.1) is 24.4 Å². The van der Waals surface area contributed by atoms with E-state index in [4.69, 9.17) is 0 Å². The Morgan fingerprint density at radius 3 is 2.32 bits per heavy atom. The SMILES string of the molecule is Cc1ccccc1NC(=O)c1cc(C(=O)Nc2ccc(F)c(F)c2F)ccn1. The maximum absolute atomic E-state index is 13.7. The molecule has 0 atom stereocenters. The number of halogens is 3. The third kappa shape index (κ3) is 4.01. The maximum atomic E-state index is 13.7. The molecule has 28 heavy (non-hydrogen) atoms. The fourth-order valence-corrected chi connectivity index (χ4v) is 2.41. The number of carbonyl (C=O) groups is 2. The van der Waals surface area contributed by atoms with Gasteiger partial charge >= 0.3 is 0 Å². The summed E-state index contributed by atoms with van der Waals surface area (Å²) in [7, 11) is 0. The molecule has 1 heterocycles. The molecule has 0 saturated carbocycles. The number of nitrogens with zero attached hydrogens (tertiary/aromatic N) is 1. The van der Waals surface area contributed by atoms with Crippen molar-refractivity contribution in [3.63, 3.8) is 0 Å². The molecule has 0 aliphatic rings. The Morgan fingerprint density at radius 1 is 0.857 bits per heavy atom. The highest BCUT2D eigenvalue weighted by atomic mass is 19.2. The van der Waals surface area contributed by atoms with Gasteiger partial charge in [-0.15, -0.1) is 0 Å². The molecule has 1 aromatic heterocycles. The zero-order valence-electron chi connectivity index (χ0n) is 14.6. The minimum atomic E-state index is -1.69. The second kappa shape index (κ2) is 7.91. The van der Waals surface area contributed by atoms with Crippen LogP contribution in [0.1, 0.15) is 26.4 Å². The van der Waals surface area contributed by atoms with Crippen molar-refractivity contribution in [3.05, 3.63) is 89.0 Å². The number of hydrogen-bond donors (Lipinski definition) is 2. The number of amides is 2. The second-order valence-corrected chi connectivity index (χ2v) is 5.88. The lowest BCUT2D eigenvalue weighted by molar-refractivity contribution is 0.102. The summed E-state index contributed by atoms with van der Waals surface area (Å²) in [6, 6.07) is 11.2. The lowest BCUT2D eigenvalue weighted by Gasteiger charge is -2.09. The Labute approximate surface area is 158 Å². The normalized spacial score (nSPS) is 10.4. The number of para-hydroxylation sites is 1. The first-order chi connectivity index (χ1) is 13.4. The van der Waals surface area contributed by atoms with Crippen LogP contribution in [-0.2, 0) is 0 Å². The largest absolute Gasteiger partial charge is 0.320 e. The quantitative estimate of drug-likeness (QED) is 0.658. The van der Waals surface area contributed by atoms with Crippen LogP contribution in [0.5, 0.6) is 0 Å². The van der Waals surface area contributed by atoms with Crippen LogP contribution >= 0.6 is 0 Å². The van der Waals surface area contributed by atoms with E-state index in [1.165, 1.54) is 18.3 Å². The minimum Gasteiger partial charge on any atom is -0.320 e. The molecular formula is C20H14F3N3O2. The Balaban J connectivity index is 1.79. The van der Waals surface area contributed by atoms with Gasteiger partial charge in [-0.3, -0.25) is 14.6 Å². The van der Waals surface area contributed by atoms with E-state index in [1.54, 1.807) is 12.1 Å². The lowest BCUT2D eigenvalue weighted by atomic mass is 10.1. The average Bonchev–Trinajstić information content (AvgIpc) is 2.70. The predicted octanol–water partition coefficient (Wildman–Crippen LogP) is 4.31. The number of anilines is 2. The molecule has 0 aliphatic carbocycles. The summed E-state index contributed by atoms with van der Waals surface area (Å²) in [5.74, 6) is -5.92. The molecule has 142 valence electrons. The molecule has 0 saturated heterocycles. The summed E-state index contributed by atoms with van der Waals surface area (Å²) in [6.07, 6.45) is 1.24. The molecule has 2 N–H and O–H groups in total. The summed E-state index contributed by atoms with van der Waals surface area (Å²) >= 11 is 0. The molecule has 0 radical (unpaired) electrons. The summed E-state index contributed by atoms with van der Waals surface area (Å²) in [6.45, 7) is 1.82. The number of aryl methyl sites for hydroxylation is 1. The standard InChI is InChI=1S/C20H14F3N3O2/c1-11-4-2-3-5-14(11)25-20(28)16-10-12(8-9-24-16)19(27)26-15-7-6-13(21)17(22)18(15)23/h2-10H,1H3,(H,25,28)(H,26,27). The monoisotopic (exact) mass is 385 g/mol. The highest BCUT2D eigenvalue weighted by molar-refractivity contribution is 6.08. The van der Waals surface area contributed by atoms with Gasteiger partial charge in [0.15, 0.2) is 17.5 Å². The topological polar surface area (TPSA) is 71.1 Å². The zero-order valence-corrected chi connectivity index (χ0v) is 14.6. The number of pyridine rings is 1. The number of nitrogens with one attached hydrogen (secondary N) is 2. The summed E-state index contributed by atoms with van der Waals surface area (Å²) in [5, 5.41) is 4.82. The Bertz CT molecular complexity index is 1070. The van der Waals surface area contributed by atoms with Crippen LogP contribution in [-0.4, -0.2) is 16.8 Å². The van der Waals surface area contributed by atoms with Crippen molar-refractivity contribution in [2.24, 2.45) is 0 Å². The van der Waals surface area contributed by atoms with Gasteiger partial charge in [-0.05, 0) is 42.8 Å². The Kier molecular flexibility index (Phi) is 5.39. The van der Waals surface area contributed by atoms with Gasteiger partial charge in [0, 0.05) is 17.4 Å². The van der Waals surface area contributed by atoms with E-state index in [0.29, 0.717) is 11.8 Å². The van der Waals surface area contributed by atoms with Gasteiger partial charge in [0.2, 0.25) is 0 Å². The molecule has 3 aromatic rings. The number of carbonyl (C=O) groups excluding carboxylic acids is 2. The van der Waals surface area contributed by atoms with E-state index in [1.807, 2.05) is 19.1 Å².